The van der Waals surface area contributed by atoms with Gasteiger partial charge in [-0.1, -0.05) is 17.7 Å². The van der Waals surface area contributed by atoms with Crippen molar-refractivity contribution in [1.82, 2.24) is 10.2 Å². The highest BCUT2D eigenvalue weighted by Crippen LogP contribution is 2.18. The third kappa shape index (κ3) is 5.07. The predicted molar refractivity (Wildman–Crippen MR) is 91.0 cm³/mol. The van der Waals surface area contributed by atoms with Crippen molar-refractivity contribution in [2.24, 2.45) is 10.9 Å². The molecular weight excluding hydrogens is 341 g/mol. The molecule has 1 heterocycles. The van der Waals surface area contributed by atoms with Gasteiger partial charge in [0.25, 0.3) is 0 Å². The van der Waals surface area contributed by atoms with Crippen LogP contribution in [0.4, 0.5) is 4.39 Å². The molecule has 1 aromatic carbocycles. The first-order valence-electron chi connectivity index (χ1n) is 7.37. The number of nitrogens with zero attached hydrogens (tertiary/aromatic N) is 2. The summed E-state index contributed by atoms with van der Waals surface area (Å²) >= 11 is 5.68. The van der Waals surface area contributed by atoms with Gasteiger partial charge in [0.05, 0.1) is 16.5 Å². The van der Waals surface area contributed by atoms with E-state index in [-0.39, 0.29) is 22.4 Å². The number of sulfone groups is 1. The monoisotopic (exact) mass is 361 g/mol. The number of nitrogens with one attached hydrogen (secondary N) is 1. The van der Waals surface area contributed by atoms with Gasteiger partial charge in [-0.3, -0.25) is 4.99 Å². The van der Waals surface area contributed by atoms with Gasteiger partial charge < -0.3 is 10.2 Å². The summed E-state index contributed by atoms with van der Waals surface area (Å²) in [5, 5.41) is 3.29. The quantitative estimate of drug-likeness (QED) is 0.657. The Morgan fingerprint density at radius 2 is 2.26 bits per heavy atom. The number of hydrogen-bond acceptors (Lipinski definition) is 3. The molecular formula is C15H21ClFN3O2S. The molecule has 0 amide bonds. The molecule has 0 saturated carbocycles. The van der Waals surface area contributed by atoms with E-state index in [1.54, 1.807) is 13.1 Å². The number of rotatable bonds is 4. The van der Waals surface area contributed by atoms with Crippen LogP contribution in [0.3, 0.4) is 0 Å². The van der Waals surface area contributed by atoms with Crippen molar-refractivity contribution < 1.29 is 12.8 Å². The van der Waals surface area contributed by atoms with Crippen molar-refractivity contribution in [2.75, 3.05) is 32.1 Å². The molecule has 8 heteroatoms. The lowest BCUT2D eigenvalue weighted by Gasteiger charge is -2.23. The van der Waals surface area contributed by atoms with Crippen LogP contribution in [-0.4, -0.2) is 51.4 Å². The van der Waals surface area contributed by atoms with Crippen molar-refractivity contribution in [3.8, 4) is 0 Å². The summed E-state index contributed by atoms with van der Waals surface area (Å²) in [5.41, 5.74) is 0.779. The Morgan fingerprint density at radius 1 is 1.52 bits per heavy atom. The van der Waals surface area contributed by atoms with Crippen molar-refractivity contribution in [3.63, 3.8) is 0 Å². The topological polar surface area (TPSA) is 61.8 Å². The Hall–Kier alpha value is -1.34. The van der Waals surface area contributed by atoms with Gasteiger partial charge in [-0.15, -0.1) is 0 Å². The Labute approximate surface area is 141 Å². The minimum Gasteiger partial charge on any atom is -0.356 e. The van der Waals surface area contributed by atoms with Gasteiger partial charge in [-0.25, -0.2) is 12.8 Å². The van der Waals surface area contributed by atoms with Crippen molar-refractivity contribution in [2.45, 2.75) is 13.0 Å². The summed E-state index contributed by atoms with van der Waals surface area (Å²) in [7, 11) is 0.625. The highest BCUT2D eigenvalue weighted by atomic mass is 35.5. The van der Waals surface area contributed by atoms with E-state index >= 15 is 0 Å². The molecule has 1 atom stereocenters. The Balaban J connectivity index is 1.91. The molecule has 1 fully saturated rings. The zero-order valence-corrected chi connectivity index (χ0v) is 14.8. The lowest BCUT2D eigenvalue weighted by atomic mass is 10.1. The average molecular weight is 362 g/mol. The molecule has 1 N–H and O–H groups in total. The van der Waals surface area contributed by atoms with Gasteiger partial charge in [0.1, 0.15) is 5.82 Å². The Morgan fingerprint density at radius 3 is 2.83 bits per heavy atom. The fraction of sp³-hybridized carbons (Fsp3) is 0.533. The first-order chi connectivity index (χ1) is 10.8. The molecule has 0 spiro atoms. The van der Waals surface area contributed by atoms with Gasteiger partial charge in [0.15, 0.2) is 15.8 Å². The molecule has 0 aliphatic carbocycles. The van der Waals surface area contributed by atoms with E-state index < -0.39 is 15.7 Å². The normalized spacial score (nSPS) is 20.5. The van der Waals surface area contributed by atoms with Crippen LogP contribution in [0, 0.1) is 11.7 Å². The summed E-state index contributed by atoms with van der Waals surface area (Å²) in [5.74, 6) is 0.792. The zero-order valence-electron chi connectivity index (χ0n) is 13.2. The lowest BCUT2D eigenvalue weighted by Crippen LogP contribution is -2.40. The maximum absolute atomic E-state index is 13.5. The first-order valence-corrected chi connectivity index (χ1v) is 9.57. The zero-order chi connectivity index (χ0) is 17.0. The van der Waals surface area contributed by atoms with Crippen LogP contribution in [-0.2, 0) is 16.4 Å². The van der Waals surface area contributed by atoms with E-state index in [1.807, 2.05) is 11.9 Å². The third-order valence-electron chi connectivity index (χ3n) is 3.85. The van der Waals surface area contributed by atoms with Crippen LogP contribution in [0.1, 0.15) is 12.0 Å². The molecule has 2 rings (SSSR count). The first kappa shape index (κ1) is 18.0. The highest BCUT2D eigenvalue weighted by Gasteiger charge is 2.27. The molecule has 1 aliphatic rings. The Kier molecular flexibility index (Phi) is 5.86. The minimum absolute atomic E-state index is 0.0985. The third-order valence-corrected chi connectivity index (χ3v) is 6.00. The van der Waals surface area contributed by atoms with Crippen LogP contribution in [0.2, 0.25) is 5.02 Å². The van der Waals surface area contributed by atoms with Gasteiger partial charge in [-0.05, 0) is 30.0 Å². The summed E-state index contributed by atoms with van der Waals surface area (Å²) in [6.07, 6.45) is 0.679. The Bertz CT molecular complexity index is 694. The summed E-state index contributed by atoms with van der Waals surface area (Å²) in [6, 6.07) is 4.69. The summed E-state index contributed by atoms with van der Waals surface area (Å²) < 4.78 is 36.4. The maximum atomic E-state index is 13.5. The smallest absolute Gasteiger partial charge is 0.193 e. The second-order valence-electron chi connectivity index (χ2n) is 5.80. The lowest BCUT2D eigenvalue weighted by molar-refractivity contribution is 0.462. The van der Waals surface area contributed by atoms with Crippen molar-refractivity contribution in [3.05, 3.63) is 34.6 Å². The molecule has 0 aromatic heterocycles. The number of guanidine groups is 1. The van der Waals surface area contributed by atoms with Crippen LogP contribution in [0.15, 0.2) is 23.2 Å². The van der Waals surface area contributed by atoms with Crippen LogP contribution >= 0.6 is 11.6 Å². The number of halogens is 2. The average Bonchev–Trinajstić information content (AvgIpc) is 2.83. The van der Waals surface area contributed by atoms with Crippen LogP contribution in [0.25, 0.3) is 0 Å². The largest absolute Gasteiger partial charge is 0.356 e. The van der Waals surface area contributed by atoms with Crippen molar-refractivity contribution in [1.29, 1.82) is 0 Å². The molecule has 1 aliphatic heterocycles. The molecule has 1 aromatic rings. The predicted octanol–water partition coefficient (Wildman–Crippen LogP) is 1.92. The number of hydrogen-bond donors (Lipinski definition) is 1. The van der Waals surface area contributed by atoms with E-state index in [1.165, 1.54) is 12.1 Å². The molecule has 0 bridgehead atoms. The fourth-order valence-electron chi connectivity index (χ4n) is 2.64. The van der Waals surface area contributed by atoms with Gasteiger partial charge in [-0.2, -0.15) is 0 Å². The highest BCUT2D eigenvalue weighted by molar-refractivity contribution is 7.91. The fourth-order valence-corrected chi connectivity index (χ4v) is 4.62. The van der Waals surface area contributed by atoms with Gasteiger partial charge in [0, 0.05) is 27.2 Å². The van der Waals surface area contributed by atoms with E-state index in [4.69, 9.17) is 11.6 Å². The van der Waals surface area contributed by atoms with E-state index in [9.17, 15) is 12.8 Å². The maximum Gasteiger partial charge on any atom is 0.193 e. The van der Waals surface area contributed by atoms with Gasteiger partial charge in [0.2, 0.25) is 0 Å². The second-order valence-corrected chi connectivity index (χ2v) is 8.44. The van der Waals surface area contributed by atoms with Crippen LogP contribution in [0.5, 0.6) is 0 Å². The van der Waals surface area contributed by atoms with Crippen molar-refractivity contribution >= 4 is 27.4 Å². The van der Waals surface area contributed by atoms with E-state index in [0.717, 1.165) is 5.56 Å². The van der Waals surface area contributed by atoms with E-state index in [2.05, 4.69) is 10.3 Å². The number of aliphatic imine (C=N–C) groups is 1. The molecule has 128 valence electrons. The SMILES string of the molecule is CN=C(NCC1CCS(=O)(=O)C1)N(C)Cc1ccc(Cl)c(F)c1. The van der Waals surface area contributed by atoms with E-state index in [0.29, 0.717) is 25.5 Å². The molecule has 1 saturated heterocycles. The summed E-state index contributed by atoms with van der Waals surface area (Å²) in [4.78, 5) is 6.04. The second kappa shape index (κ2) is 7.49. The molecule has 23 heavy (non-hydrogen) atoms. The standard InChI is InChI=1S/C15H21ClFN3O2S/c1-18-15(19-8-12-5-6-23(21,22)10-12)20(2)9-11-3-4-13(16)14(17)7-11/h3-4,7,12H,5-6,8-10H2,1-2H3,(H,18,19). The molecule has 5 nitrogen and oxygen atoms in total. The molecule has 0 radical (unpaired) electrons. The molecule has 1 unspecified atom stereocenters. The summed E-state index contributed by atoms with van der Waals surface area (Å²) in [6.45, 7) is 1.03. The van der Waals surface area contributed by atoms with Crippen LogP contribution < -0.4 is 5.32 Å². The number of benzene rings is 1. The van der Waals surface area contributed by atoms with Gasteiger partial charge >= 0.3 is 0 Å². The minimum atomic E-state index is -2.88.